The summed E-state index contributed by atoms with van der Waals surface area (Å²) in [7, 11) is 0. The average Bonchev–Trinajstić information content (AvgIpc) is 1.85. The van der Waals surface area contributed by atoms with Gasteiger partial charge in [0.15, 0.2) is 0 Å². The second-order valence-electron chi connectivity index (χ2n) is 1.94. The van der Waals surface area contributed by atoms with Gasteiger partial charge in [0.05, 0.1) is 0 Å². The smallest absolute Gasteiger partial charge is 0.0189 e. The molecule has 0 nitrogen and oxygen atoms in total. The molecular formula is C7H6Br2S. The molecule has 0 aliphatic rings. The summed E-state index contributed by atoms with van der Waals surface area (Å²) in [4.78, 5) is 0. The summed E-state index contributed by atoms with van der Waals surface area (Å²) < 4.78 is 2.18. The SMILES string of the molecule is SCc1cc(Br)cc(Br)c1. The van der Waals surface area contributed by atoms with Crippen molar-refractivity contribution in [3.63, 3.8) is 0 Å². The molecule has 0 aliphatic carbocycles. The molecule has 54 valence electrons. The molecule has 0 spiro atoms. The predicted molar refractivity (Wildman–Crippen MR) is 54.5 cm³/mol. The Morgan fingerprint density at radius 3 is 2.00 bits per heavy atom. The molecule has 3 heteroatoms. The van der Waals surface area contributed by atoms with Crippen molar-refractivity contribution in [1.29, 1.82) is 0 Å². The highest BCUT2D eigenvalue weighted by Gasteiger charge is 1.93. The van der Waals surface area contributed by atoms with Gasteiger partial charge in [-0.05, 0) is 23.8 Å². The van der Waals surface area contributed by atoms with Crippen LogP contribution in [0.25, 0.3) is 0 Å². The van der Waals surface area contributed by atoms with E-state index in [1.165, 1.54) is 5.56 Å². The van der Waals surface area contributed by atoms with E-state index in [4.69, 9.17) is 0 Å². The van der Waals surface area contributed by atoms with Crippen LogP contribution in [0.1, 0.15) is 5.56 Å². The fourth-order valence-electron chi connectivity index (χ4n) is 0.702. The first kappa shape index (κ1) is 8.62. The Morgan fingerprint density at radius 1 is 1.10 bits per heavy atom. The van der Waals surface area contributed by atoms with E-state index in [1.807, 2.05) is 6.07 Å². The van der Waals surface area contributed by atoms with Crippen LogP contribution < -0.4 is 0 Å². The zero-order chi connectivity index (χ0) is 7.56. The zero-order valence-corrected chi connectivity index (χ0v) is 9.21. The number of thiol groups is 1. The van der Waals surface area contributed by atoms with Crippen molar-refractivity contribution in [2.75, 3.05) is 0 Å². The molecule has 0 aromatic heterocycles. The summed E-state index contributed by atoms with van der Waals surface area (Å²) in [6.07, 6.45) is 0. The van der Waals surface area contributed by atoms with Gasteiger partial charge in [-0.2, -0.15) is 12.6 Å². The van der Waals surface area contributed by atoms with Crippen LogP contribution in [0.2, 0.25) is 0 Å². The lowest BCUT2D eigenvalue weighted by Crippen LogP contribution is -1.77. The first-order valence-corrected chi connectivity index (χ1v) is 5.00. The van der Waals surface area contributed by atoms with Crippen LogP contribution in [0.3, 0.4) is 0 Å². The molecule has 0 aliphatic heterocycles. The molecule has 0 radical (unpaired) electrons. The van der Waals surface area contributed by atoms with Gasteiger partial charge in [0.25, 0.3) is 0 Å². The van der Waals surface area contributed by atoms with Crippen LogP contribution in [-0.4, -0.2) is 0 Å². The standard InChI is InChI=1S/C7H6Br2S/c8-6-1-5(4-10)2-7(9)3-6/h1-3,10H,4H2. The minimum absolute atomic E-state index is 0.776. The van der Waals surface area contributed by atoms with Crippen LogP contribution in [0, 0.1) is 0 Å². The van der Waals surface area contributed by atoms with E-state index in [9.17, 15) is 0 Å². The predicted octanol–water partition coefficient (Wildman–Crippen LogP) is 3.64. The number of rotatable bonds is 1. The number of benzene rings is 1. The first-order valence-electron chi connectivity index (χ1n) is 2.78. The number of hydrogen-bond donors (Lipinski definition) is 1. The maximum absolute atomic E-state index is 4.16. The summed E-state index contributed by atoms with van der Waals surface area (Å²) >= 11 is 10.9. The van der Waals surface area contributed by atoms with E-state index < -0.39 is 0 Å². The highest BCUT2D eigenvalue weighted by molar-refractivity contribution is 9.11. The third-order valence-electron chi connectivity index (χ3n) is 1.10. The summed E-state index contributed by atoms with van der Waals surface area (Å²) in [5.41, 5.74) is 1.21. The summed E-state index contributed by atoms with van der Waals surface area (Å²) in [5.74, 6) is 0.776. The van der Waals surface area contributed by atoms with Crippen LogP contribution in [-0.2, 0) is 5.75 Å². The lowest BCUT2D eigenvalue weighted by molar-refractivity contribution is 1.39. The highest BCUT2D eigenvalue weighted by atomic mass is 79.9. The Kier molecular flexibility index (Phi) is 3.27. The quantitative estimate of drug-likeness (QED) is 0.747. The van der Waals surface area contributed by atoms with Gasteiger partial charge in [0.1, 0.15) is 0 Å². The van der Waals surface area contributed by atoms with E-state index in [2.05, 4.69) is 56.6 Å². The van der Waals surface area contributed by atoms with Gasteiger partial charge >= 0.3 is 0 Å². The second kappa shape index (κ2) is 3.79. The Labute approximate surface area is 82.7 Å². The zero-order valence-electron chi connectivity index (χ0n) is 5.14. The molecule has 0 heterocycles. The van der Waals surface area contributed by atoms with E-state index in [1.54, 1.807) is 0 Å². The number of hydrogen-bond acceptors (Lipinski definition) is 1. The van der Waals surface area contributed by atoms with Crippen molar-refractivity contribution in [3.8, 4) is 0 Å². The van der Waals surface area contributed by atoms with Crippen LogP contribution in [0.5, 0.6) is 0 Å². The molecular weight excluding hydrogens is 276 g/mol. The molecule has 0 N–H and O–H groups in total. The summed E-state index contributed by atoms with van der Waals surface area (Å²) in [6.45, 7) is 0. The third kappa shape index (κ3) is 2.29. The third-order valence-corrected chi connectivity index (χ3v) is 2.39. The van der Waals surface area contributed by atoms with Gasteiger partial charge in [-0.1, -0.05) is 31.9 Å². The Balaban J connectivity index is 3.06. The van der Waals surface area contributed by atoms with Gasteiger partial charge in [-0.15, -0.1) is 0 Å². The molecule has 1 aromatic carbocycles. The molecule has 0 saturated heterocycles. The molecule has 0 saturated carbocycles. The molecule has 0 bridgehead atoms. The van der Waals surface area contributed by atoms with Crippen LogP contribution in [0.15, 0.2) is 27.1 Å². The van der Waals surface area contributed by atoms with Gasteiger partial charge in [0, 0.05) is 14.7 Å². The normalized spacial score (nSPS) is 9.90. The Bertz CT molecular complexity index is 215. The van der Waals surface area contributed by atoms with Crippen LogP contribution >= 0.6 is 44.5 Å². The summed E-state index contributed by atoms with van der Waals surface area (Å²) in [5, 5.41) is 0. The van der Waals surface area contributed by atoms with Crippen molar-refractivity contribution >= 4 is 44.5 Å². The molecule has 0 unspecified atom stereocenters. The van der Waals surface area contributed by atoms with Crippen molar-refractivity contribution in [2.45, 2.75) is 5.75 Å². The fraction of sp³-hybridized carbons (Fsp3) is 0.143. The topological polar surface area (TPSA) is 0 Å². The Hall–Kier alpha value is 0.530. The molecule has 10 heavy (non-hydrogen) atoms. The largest absolute Gasteiger partial charge is 0.175 e. The lowest BCUT2D eigenvalue weighted by atomic mass is 10.2. The van der Waals surface area contributed by atoms with Crippen LogP contribution in [0.4, 0.5) is 0 Å². The van der Waals surface area contributed by atoms with E-state index in [0.717, 1.165) is 14.7 Å². The number of halogens is 2. The maximum Gasteiger partial charge on any atom is 0.0189 e. The average molecular weight is 282 g/mol. The molecule has 0 amide bonds. The molecule has 0 fully saturated rings. The van der Waals surface area contributed by atoms with Crippen molar-refractivity contribution in [2.24, 2.45) is 0 Å². The minimum atomic E-state index is 0.776. The van der Waals surface area contributed by atoms with Gasteiger partial charge in [0.2, 0.25) is 0 Å². The second-order valence-corrected chi connectivity index (χ2v) is 4.08. The van der Waals surface area contributed by atoms with E-state index >= 15 is 0 Å². The first-order chi connectivity index (χ1) is 4.72. The monoisotopic (exact) mass is 280 g/mol. The molecule has 1 aromatic rings. The minimum Gasteiger partial charge on any atom is -0.175 e. The highest BCUT2D eigenvalue weighted by Crippen LogP contribution is 2.20. The summed E-state index contributed by atoms with van der Waals surface area (Å²) in [6, 6.07) is 6.11. The van der Waals surface area contributed by atoms with E-state index in [0.29, 0.717) is 0 Å². The van der Waals surface area contributed by atoms with Crippen molar-refractivity contribution in [1.82, 2.24) is 0 Å². The maximum atomic E-state index is 4.16. The van der Waals surface area contributed by atoms with E-state index in [-0.39, 0.29) is 0 Å². The fourth-order valence-corrected chi connectivity index (χ4v) is 2.27. The van der Waals surface area contributed by atoms with Gasteiger partial charge in [-0.25, -0.2) is 0 Å². The molecule has 1 rings (SSSR count). The van der Waals surface area contributed by atoms with Crippen molar-refractivity contribution < 1.29 is 0 Å². The lowest BCUT2D eigenvalue weighted by Gasteiger charge is -1.97. The Morgan fingerprint density at radius 2 is 1.60 bits per heavy atom. The van der Waals surface area contributed by atoms with Gasteiger partial charge < -0.3 is 0 Å². The molecule has 0 atom stereocenters. The van der Waals surface area contributed by atoms with Gasteiger partial charge in [-0.3, -0.25) is 0 Å². The van der Waals surface area contributed by atoms with Crippen molar-refractivity contribution in [3.05, 3.63) is 32.7 Å².